The number of carbonyl (C=O) groups is 9. The highest BCUT2D eigenvalue weighted by atomic mass is 32.2. The number of nitrogens with one attached hydrogen (secondary N) is 5. The first-order valence-electron chi connectivity index (χ1n) is 33.3. The molecule has 560 valence electrons. The molecule has 0 spiro atoms. The van der Waals surface area contributed by atoms with Crippen LogP contribution in [0.5, 0.6) is 11.5 Å². The van der Waals surface area contributed by atoms with Crippen molar-refractivity contribution >= 4 is 111 Å². The summed E-state index contributed by atoms with van der Waals surface area (Å²) in [6.45, 7) is 16.1. The molecular weight excluding hydrogens is 1370 g/mol. The quantitative estimate of drug-likeness (QED) is 0.0120. The van der Waals surface area contributed by atoms with Crippen LogP contribution in [0.25, 0.3) is 21.8 Å². The average molecular weight is 1470 g/mol. The van der Waals surface area contributed by atoms with Crippen molar-refractivity contribution in [2.45, 2.75) is 118 Å². The van der Waals surface area contributed by atoms with Crippen molar-refractivity contribution in [3.05, 3.63) is 140 Å². The number of thioether (sulfide) groups is 2. The molecule has 6 aromatic rings. The lowest BCUT2D eigenvalue weighted by molar-refractivity contribution is -0.140. The van der Waals surface area contributed by atoms with E-state index in [-0.39, 0.29) is 71.6 Å². The van der Waals surface area contributed by atoms with E-state index in [0.717, 1.165) is 25.2 Å². The Morgan fingerprint density at radius 1 is 0.598 bits per heavy atom. The number of nitrogens with zero attached hydrogens (tertiary/aromatic N) is 5. The number of carboxylic acid groups (broad SMARTS) is 2. The fraction of sp³-hybridized carbons (Fsp3) is 0.451. The number of hydrogen-bond acceptors (Lipinski definition) is 20. The van der Waals surface area contributed by atoms with Crippen molar-refractivity contribution in [2.24, 2.45) is 11.8 Å². The molecule has 2 aliphatic rings. The van der Waals surface area contributed by atoms with Crippen molar-refractivity contribution in [1.82, 2.24) is 40.6 Å². The molecule has 102 heavy (non-hydrogen) atoms. The summed E-state index contributed by atoms with van der Waals surface area (Å²) in [6, 6.07) is 15.1. The Hall–Kier alpha value is -9.59. The number of halogens is 2. The molecule has 4 atom stereocenters. The molecule has 0 radical (unpaired) electrons. The number of aromatic nitrogens is 2. The average Bonchev–Trinajstić information content (AvgIpc) is 0.770. The molecule has 5 amide bonds. The van der Waals surface area contributed by atoms with Crippen molar-refractivity contribution in [2.75, 3.05) is 86.2 Å². The molecule has 0 bridgehead atoms. The minimum absolute atomic E-state index is 0. The van der Waals surface area contributed by atoms with Gasteiger partial charge in [0.05, 0.1) is 29.0 Å². The predicted octanol–water partition coefficient (Wildman–Crippen LogP) is 7.36. The van der Waals surface area contributed by atoms with E-state index in [9.17, 15) is 62.2 Å². The summed E-state index contributed by atoms with van der Waals surface area (Å²) < 4.78 is 49.4. The summed E-state index contributed by atoms with van der Waals surface area (Å²) in [6.07, 6.45) is 8.41. The van der Waals surface area contributed by atoms with E-state index in [4.69, 9.17) is 24.4 Å². The Kier molecular flexibility index (Phi) is 32.0. The van der Waals surface area contributed by atoms with Gasteiger partial charge >= 0.3 is 30.0 Å². The molecule has 0 saturated carbocycles. The molecule has 2 aromatic heterocycles. The van der Waals surface area contributed by atoms with Crippen LogP contribution in [0.3, 0.4) is 0 Å². The van der Waals surface area contributed by atoms with Gasteiger partial charge in [-0.2, -0.15) is 23.5 Å². The molecule has 0 aliphatic carbocycles. The number of esters is 2. The second-order valence-corrected chi connectivity index (χ2v) is 26.7. The predicted molar refractivity (Wildman–Crippen MR) is 394 cm³/mol. The third kappa shape index (κ3) is 23.0. The highest BCUT2D eigenvalue weighted by Gasteiger charge is 2.31. The Morgan fingerprint density at radius 2 is 1.00 bits per heavy atom. The third-order valence-electron chi connectivity index (χ3n) is 16.6. The Bertz CT molecular complexity index is 4040. The zero-order valence-corrected chi connectivity index (χ0v) is 59.9. The molecule has 2 aliphatic heterocycles. The van der Waals surface area contributed by atoms with Gasteiger partial charge in [0, 0.05) is 94.3 Å². The van der Waals surface area contributed by atoms with E-state index in [1.165, 1.54) is 35.1 Å². The summed E-state index contributed by atoms with van der Waals surface area (Å²) in [7, 11) is 0. The number of aryl methyl sites for hydroxylation is 2. The topological polar surface area (TPSA) is 356 Å². The second-order valence-electron chi connectivity index (χ2n) is 24.7. The first-order chi connectivity index (χ1) is 48.8. The van der Waals surface area contributed by atoms with Crippen molar-refractivity contribution in [3.8, 4) is 11.5 Å². The smallest absolute Gasteiger partial charge is 0.410 e. The summed E-state index contributed by atoms with van der Waals surface area (Å²) in [4.78, 5) is 139. The number of aromatic carboxylic acids is 2. The standard InChI is InChI=1S/C36H44FN5O9S.C19H28N2O5S.C16H18FN3O3.4H2/c1-5-40-19-26(34(46)47)32(44)25-17-27(37)31(18-30(25)40)41-11-13-42(14-12-41)36(49)50-20-23-6-8-24(9-7-23)51-35(48)29(16-22(2)3)39-33(45)28(38-21-43)10-15-52-4;1-13(2)10-17(21-18(24)16(20-12-23)8-9-27-3)19(25)26-15-6-4-14(11-22)5-7-15;1-2-19-9-11(16(22)23)15(21)10-7-12(17)14(8-13(10)19)20-5-3-18-4-6-20;;;;/h6-9,17-19,21-22,28-29H,5,10-16,20H2,1-4H3,(H,38,43)(H,39,45)(H,46,47);4-7,12-13,16-17,22H,8-11H2,1-3H3,(H,20,23)(H,21,24);7-9,18H,2-6H2,1H3,(H,22,23);4*1H. The maximum atomic E-state index is 15.2. The number of rotatable bonds is 31. The van der Waals surface area contributed by atoms with Gasteiger partial charge in [-0.1, -0.05) is 52.0 Å². The third-order valence-corrected chi connectivity index (χ3v) is 17.9. The number of hydrogen-bond donors (Lipinski definition) is 8. The SMILES string of the molecule is CCn1cc(C(=O)O)c(=O)c2cc(F)c(N3CCN(C(=O)OCc4ccc(OC(=O)C(CC(C)C)NC(=O)C(CCSC)NC=O)cc4)CC3)cc21.CCn1cc(C(=O)O)c(=O)c2cc(F)c(N3CCNCC3)cc21.CSCCC(NC=O)C(=O)NC(CC(C)C)C(=O)Oc1ccc(CO)cc1.[HH].[HH].[HH].[HH]. The largest absolute Gasteiger partial charge is 0.477 e. The maximum absolute atomic E-state index is 15.2. The second kappa shape index (κ2) is 40.2. The number of benzene rings is 4. The summed E-state index contributed by atoms with van der Waals surface area (Å²) in [5.41, 5.74) is 0.838. The zero-order chi connectivity index (χ0) is 74.7. The molecule has 27 nitrogen and oxygen atoms in total. The number of amides is 5. The van der Waals surface area contributed by atoms with Crippen molar-refractivity contribution < 1.29 is 87.2 Å². The summed E-state index contributed by atoms with van der Waals surface area (Å²) in [5, 5.41) is 41.3. The maximum Gasteiger partial charge on any atom is 0.410 e. The molecular formula is C71H98F2N10O17S2. The number of carboxylic acids is 2. The highest BCUT2D eigenvalue weighted by Crippen LogP contribution is 2.29. The van der Waals surface area contributed by atoms with E-state index in [1.54, 1.807) is 87.3 Å². The highest BCUT2D eigenvalue weighted by molar-refractivity contribution is 7.98. The first-order valence-corrected chi connectivity index (χ1v) is 36.1. The lowest BCUT2D eigenvalue weighted by atomic mass is 10.0. The lowest BCUT2D eigenvalue weighted by Gasteiger charge is -2.35. The van der Waals surface area contributed by atoms with Gasteiger partial charge in [-0.15, -0.1) is 0 Å². The van der Waals surface area contributed by atoms with Gasteiger partial charge in [0.2, 0.25) is 35.5 Å². The van der Waals surface area contributed by atoms with Gasteiger partial charge in [-0.25, -0.2) is 32.8 Å². The van der Waals surface area contributed by atoms with E-state index in [1.807, 2.05) is 52.0 Å². The van der Waals surface area contributed by atoms with Gasteiger partial charge in [-0.05, 0) is 135 Å². The molecule has 4 aromatic carbocycles. The van der Waals surface area contributed by atoms with Gasteiger partial charge < -0.3 is 79.9 Å². The fourth-order valence-electron chi connectivity index (χ4n) is 11.2. The minimum Gasteiger partial charge on any atom is -0.477 e. The minimum atomic E-state index is -1.38. The monoisotopic (exact) mass is 1460 g/mol. The van der Waals surface area contributed by atoms with Gasteiger partial charge in [0.25, 0.3) is 0 Å². The van der Waals surface area contributed by atoms with Crippen LogP contribution in [0.4, 0.5) is 25.0 Å². The number of aliphatic hydroxyl groups is 1. The van der Waals surface area contributed by atoms with Crippen LogP contribution in [0.2, 0.25) is 0 Å². The van der Waals surface area contributed by atoms with Crippen LogP contribution in [0.15, 0.2) is 94.8 Å². The lowest BCUT2D eigenvalue weighted by Crippen LogP contribution is -2.51. The van der Waals surface area contributed by atoms with Crippen LogP contribution >= 0.6 is 23.5 Å². The molecule has 2 fully saturated rings. The van der Waals surface area contributed by atoms with Crippen LogP contribution in [0.1, 0.15) is 105 Å². The molecule has 31 heteroatoms. The first kappa shape index (κ1) is 81.4. The van der Waals surface area contributed by atoms with Crippen molar-refractivity contribution in [1.29, 1.82) is 0 Å². The molecule has 4 heterocycles. The van der Waals surface area contributed by atoms with Crippen LogP contribution in [-0.2, 0) is 59.8 Å². The summed E-state index contributed by atoms with van der Waals surface area (Å²) in [5.74, 6) is -3.78. The number of ether oxygens (including phenoxy) is 3. The van der Waals surface area contributed by atoms with E-state index < -0.39 is 94.0 Å². The van der Waals surface area contributed by atoms with Crippen molar-refractivity contribution in [3.63, 3.8) is 0 Å². The normalized spacial score (nSPS) is 14.0. The Labute approximate surface area is 603 Å². The van der Waals surface area contributed by atoms with E-state index in [0.29, 0.717) is 123 Å². The number of anilines is 2. The van der Waals surface area contributed by atoms with E-state index in [2.05, 4.69) is 26.6 Å². The molecule has 8 N–H and O–H groups in total. The zero-order valence-electron chi connectivity index (χ0n) is 58.3. The Balaban J connectivity index is 0.000000593. The number of piperazine rings is 2. The molecule has 8 rings (SSSR count). The number of carbonyl (C=O) groups excluding carboxylic acids is 7. The fourth-order valence-corrected chi connectivity index (χ4v) is 12.1. The van der Waals surface area contributed by atoms with E-state index >= 15 is 4.39 Å². The number of aliphatic hydroxyl groups excluding tert-OH is 1. The molecule has 2 saturated heterocycles. The van der Waals surface area contributed by atoms with Crippen LogP contribution in [0, 0.1) is 23.5 Å². The molecule has 4 unspecified atom stereocenters. The van der Waals surface area contributed by atoms with Gasteiger partial charge in [0.15, 0.2) is 0 Å². The number of fused-ring (bicyclic) bond motifs is 2. The van der Waals surface area contributed by atoms with Crippen LogP contribution < -0.4 is 56.7 Å². The Morgan fingerprint density at radius 3 is 1.36 bits per heavy atom. The van der Waals surface area contributed by atoms with Gasteiger partial charge in [-0.3, -0.25) is 28.8 Å². The van der Waals surface area contributed by atoms with Gasteiger partial charge in [0.1, 0.15) is 65.0 Å². The van der Waals surface area contributed by atoms with Crippen LogP contribution in [-0.4, -0.2) is 185 Å². The number of pyridine rings is 2. The summed E-state index contributed by atoms with van der Waals surface area (Å²) >= 11 is 3.10.